The number of carbonyl (C=O) groups excluding carboxylic acids is 1. The molecule has 12 heteroatoms. The zero-order chi connectivity index (χ0) is 26.6. The number of hydrogen-bond donors (Lipinski definition) is 0. The fourth-order valence-corrected chi connectivity index (χ4v) is 6.68. The van der Waals surface area contributed by atoms with E-state index in [1.54, 1.807) is 42.7 Å². The number of pyridine rings is 1. The van der Waals surface area contributed by atoms with E-state index in [1.807, 2.05) is 6.07 Å². The molecule has 0 aliphatic heterocycles. The van der Waals surface area contributed by atoms with Crippen LogP contribution in [0.2, 0.25) is 0 Å². The SMILES string of the molecule is COc1ccc(S(=O)(=O)CCCC(=O)N(Cc2cccnc2)c2nc3ccc(S(C)(=O)=O)cc3s2)cc1. The first kappa shape index (κ1) is 26.7. The lowest BCUT2D eigenvalue weighted by atomic mass is 10.2. The molecule has 2 aromatic heterocycles. The molecule has 0 saturated heterocycles. The highest BCUT2D eigenvalue weighted by Gasteiger charge is 2.22. The lowest BCUT2D eigenvalue weighted by molar-refractivity contribution is -0.118. The summed E-state index contributed by atoms with van der Waals surface area (Å²) < 4.78 is 55.1. The molecule has 0 atom stereocenters. The second-order valence-electron chi connectivity index (χ2n) is 8.34. The van der Waals surface area contributed by atoms with Crippen LogP contribution in [0.4, 0.5) is 5.13 Å². The summed E-state index contributed by atoms with van der Waals surface area (Å²) in [5.41, 5.74) is 1.34. The van der Waals surface area contributed by atoms with Crippen molar-refractivity contribution in [1.29, 1.82) is 0 Å². The zero-order valence-corrected chi connectivity index (χ0v) is 22.6. The van der Waals surface area contributed by atoms with E-state index in [2.05, 4.69) is 9.97 Å². The molecular formula is C25H25N3O6S3. The Kier molecular flexibility index (Phi) is 7.90. The van der Waals surface area contributed by atoms with Crippen molar-refractivity contribution in [2.75, 3.05) is 24.0 Å². The molecule has 4 aromatic rings. The molecule has 0 unspecified atom stereocenters. The average molecular weight is 560 g/mol. The molecule has 1 amide bonds. The lowest BCUT2D eigenvalue weighted by Crippen LogP contribution is -2.30. The van der Waals surface area contributed by atoms with Gasteiger partial charge in [0.1, 0.15) is 5.75 Å². The van der Waals surface area contributed by atoms with Gasteiger partial charge in [0.2, 0.25) is 5.91 Å². The third-order valence-electron chi connectivity index (χ3n) is 5.59. The van der Waals surface area contributed by atoms with E-state index in [-0.39, 0.29) is 40.8 Å². The van der Waals surface area contributed by atoms with Crippen molar-refractivity contribution in [1.82, 2.24) is 9.97 Å². The van der Waals surface area contributed by atoms with Crippen LogP contribution in [0.15, 0.2) is 76.8 Å². The summed E-state index contributed by atoms with van der Waals surface area (Å²) in [6.45, 7) is 0.191. The molecule has 0 radical (unpaired) electrons. The highest BCUT2D eigenvalue weighted by atomic mass is 32.2. The van der Waals surface area contributed by atoms with Crippen LogP contribution < -0.4 is 9.64 Å². The number of methoxy groups -OCH3 is 1. The van der Waals surface area contributed by atoms with Crippen LogP contribution in [-0.4, -0.2) is 51.8 Å². The number of rotatable bonds is 10. The molecule has 0 N–H and O–H groups in total. The van der Waals surface area contributed by atoms with Crippen LogP contribution in [0.5, 0.6) is 5.75 Å². The molecule has 2 heterocycles. The molecule has 194 valence electrons. The van der Waals surface area contributed by atoms with E-state index in [0.717, 1.165) is 11.8 Å². The van der Waals surface area contributed by atoms with Crippen LogP contribution in [-0.2, 0) is 31.0 Å². The number of hydrogen-bond acceptors (Lipinski definition) is 9. The predicted octanol–water partition coefficient (Wildman–Crippen LogP) is 3.89. The van der Waals surface area contributed by atoms with Gasteiger partial charge in [-0.05, 0) is 60.5 Å². The van der Waals surface area contributed by atoms with Gasteiger partial charge in [-0.1, -0.05) is 17.4 Å². The van der Waals surface area contributed by atoms with Crippen molar-refractivity contribution >= 4 is 52.3 Å². The van der Waals surface area contributed by atoms with Crippen molar-refractivity contribution in [3.8, 4) is 5.75 Å². The molecule has 0 saturated carbocycles. The fourth-order valence-electron chi connectivity index (χ4n) is 3.62. The Bertz CT molecular complexity index is 1620. The number of benzene rings is 2. The fraction of sp³-hybridized carbons (Fsp3) is 0.240. The standard InChI is InChI=1S/C25H25N3O6S3/c1-34-19-7-9-20(10-8-19)37(32,33)14-4-6-24(29)28(17-18-5-3-13-26-16-18)25-27-22-12-11-21(36(2,30)31)15-23(22)35-25/h3,5,7-13,15-16H,4,6,14,17H2,1-2H3. The number of anilines is 1. The van der Waals surface area contributed by atoms with Crippen molar-refractivity contribution < 1.29 is 26.4 Å². The summed E-state index contributed by atoms with van der Waals surface area (Å²) in [6, 6.07) is 14.4. The number of sulfone groups is 2. The van der Waals surface area contributed by atoms with Crippen molar-refractivity contribution in [2.45, 2.75) is 29.2 Å². The zero-order valence-electron chi connectivity index (χ0n) is 20.2. The average Bonchev–Trinajstić information content (AvgIpc) is 3.30. The van der Waals surface area contributed by atoms with Gasteiger partial charge in [-0.25, -0.2) is 21.8 Å². The van der Waals surface area contributed by atoms with Crippen LogP contribution >= 0.6 is 11.3 Å². The summed E-state index contributed by atoms with van der Waals surface area (Å²) in [6.07, 6.45) is 4.52. The van der Waals surface area contributed by atoms with Gasteiger partial charge in [0, 0.05) is 25.1 Å². The van der Waals surface area contributed by atoms with Gasteiger partial charge in [-0.3, -0.25) is 14.7 Å². The van der Waals surface area contributed by atoms with Gasteiger partial charge < -0.3 is 4.74 Å². The molecule has 0 fully saturated rings. The first-order valence-electron chi connectivity index (χ1n) is 11.2. The van der Waals surface area contributed by atoms with Crippen molar-refractivity contribution in [3.05, 3.63) is 72.6 Å². The van der Waals surface area contributed by atoms with E-state index in [4.69, 9.17) is 4.74 Å². The molecule has 0 aliphatic carbocycles. The number of ether oxygens (including phenoxy) is 1. The first-order valence-corrected chi connectivity index (χ1v) is 15.6. The molecule has 2 aromatic carbocycles. The van der Waals surface area contributed by atoms with E-state index in [9.17, 15) is 21.6 Å². The number of nitrogens with zero attached hydrogens (tertiary/aromatic N) is 3. The Morgan fingerprint density at radius 3 is 2.41 bits per heavy atom. The van der Waals surface area contributed by atoms with E-state index < -0.39 is 19.7 Å². The second kappa shape index (κ2) is 11.0. The van der Waals surface area contributed by atoms with E-state index in [1.165, 1.54) is 41.5 Å². The maximum atomic E-state index is 13.3. The molecule has 0 aliphatic rings. The van der Waals surface area contributed by atoms with Crippen LogP contribution in [0.3, 0.4) is 0 Å². The number of fused-ring (bicyclic) bond motifs is 1. The Hall–Kier alpha value is -3.35. The monoisotopic (exact) mass is 559 g/mol. The van der Waals surface area contributed by atoms with Gasteiger partial charge in [-0.2, -0.15) is 0 Å². The maximum absolute atomic E-state index is 13.3. The van der Waals surface area contributed by atoms with Gasteiger partial charge in [-0.15, -0.1) is 0 Å². The number of aromatic nitrogens is 2. The summed E-state index contributed by atoms with van der Waals surface area (Å²) in [4.78, 5) is 23.8. The van der Waals surface area contributed by atoms with Crippen LogP contribution in [0, 0.1) is 0 Å². The predicted molar refractivity (Wildman–Crippen MR) is 142 cm³/mol. The smallest absolute Gasteiger partial charge is 0.229 e. The largest absolute Gasteiger partial charge is 0.497 e. The molecule has 9 nitrogen and oxygen atoms in total. The summed E-state index contributed by atoms with van der Waals surface area (Å²) in [5, 5.41) is 0.396. The van der Waals surface area contributed by atoms with Gasteiger partial charge >= 0.3 is 0 Å². The number of amides is 1. The Morgan fingerprint density at radius 1 is 1.03 bits per heavy atom. The van der Waals surface area contributed by atoms with Gasteiger partial charge in [0.15, 0.2) is 24.8 Å². The van der Waals surface area contributed by atoms with Crippen molar-refractivity contribution in [3.63, 3.8) is 0 Å². The molecule has 37 heavy (non-hydrogen) atoms. The van der Waals surface area contributed by atoms with Gasteiger partial charge in [0.05, 0.1) is 39.4 Å². The lowest BCUT2D eigenvalue weighted by Gasteiger charge is -2.20. The quantitative estimate of drug-likeness (QED) is 0.287. The van der Waals surface area contributed by atoms with Crippen molar-refractivity contribution in [2.24, 2.45) is 0 Å². The second-order valence-corrected chi connectivity index (χ2v) is 13.5. The Balaban J connectivity index is 1.55. The Labute approximate surface area is 219 Å². The minimum Gasteiger partial charge on any atom is -0.497 e. The minimum absolute atomic E-state index is 0.0137. The maximum Gasteiger partial charge on any atom is 0.229 e. The highest BCUT2D eigenvalue weighted by Crippen LogP contribution is 2.32. The summed E-state index contributed by atoms with van der Waals surface area (Å²) >= 11 is 1.20. The minimum atomic E-state index is -3.58. The molecule has 0 bridgehead atoms. The highest BCUT2D eigenvalue weighted by molar-refractivity contribution is 7.91. The van der Waals surface area contributed by atoms with Gasteiger partial charge in [0.25, 0.3) is 0 Å². The van der Waals surface area contributed by atoms with E-state index >= 15 is 0 Å². The third-order valence-corrected chi connectivity index (χ3v) is 9.56. The molecule has 4 rings (SSSR count). The normalized spacial score (nSPS) is 11.9. The molecular weight excluding hydrogens is 534 g/mol. The Morgan fingerprint density at radius 2 is 1.76 bits per heavy atom. The number of carbonyl (C=O) groups is 1. The molecule has 0 spiro atoms. The van der Waals surface area contributed by atoms with E-state index in [0.29, 0.717) is 21.1 Å². The third kappa shape index (κ3) is 6.51. The first-order chi connectivity index (χ1) is 17.6. The summed E-state index contributed by atoms with van der Waals surface area (Å²) in [7, 11) is -5.47. The topological polar surface area (TPSA) is 124 Å². The summed E-state index contributed by atoms with van der Waals surface area (Å²) in [5.74, 6) is 0.0689. The number of thiazole rings is 1. The van der Waals surface area contributed by atoms with Crippen LogP contribution in [0.1, 0.15) is 18.4 Å². The van der Waals surface area contributed by atoms with Crippen LogP contribution in [0.25, 0.3) is 10.2 Å².